The van der Waals surface area contributed by atoms with Crippen LogP contribution in [0, 0.1) is 0 Å². The first kappa shape index (κ1) is 16.4. The van der Waals surface area contributed by atoms with Crippen molar-refractivity contribution in [3.63, 3.8) is 0 Å². The fourth-order valence-corrected chi connectivity index (χ4v) is 2.65. The van der Waals surface area contributed by atoms with Crippen molar-refractivity contribution in [1.82, 2.24) is 0 Å². The molecule has 0 nitrogen and oxygen atoms in total. The molecular formula is C18H10F6. The van der Waals surface area contributed by atoms with E-state index in [0.29, 0.717) is 16.8 Å². The summed E-state index contributed by atoms with van der Waals surface area (Å²) >= 11 is 0. The smallest absolute Gasteiger partial charge is 0.166 e. The van der Waals surface area contributed by atoms with Gasteiger partial charge in [-0.1, -0.05) is 48.5 Å². The molecule has 0 bridgehead atoms. The maximum Gasteiger partial charge on any atom is 0.417 e. The molecule has 0 N–H and O–H groups in total. The van der Waals surface area contributed by atoms with Crippen LogP contribution in [-0.2, 0) is 12.4 Å². The van der Waals surface area contributed by atoms with Crippen LogP contribution in [0.3, 0.4) is 0 Å². The van der Waals surface area contributed by atoms with Gasteiger partial charge in [0, 0.05) is 0 Å². The number of hydrogen-bond donors (Lipinski definition) is 0. The van der Waals surface area contributed by atoms with Crippen molar-refractivity contribution < 1.29 is 26.3 Å². The summed E-state index contributed by atoms with van der Waals surface area (Å²) in [7, 11) is 0. The Morgan fingerprint density at radius 3 is 1.92 bits per heavy atom. The summed E-state index contributed by atoms with van der Waals surface area (Å²) in [5.41, 5.74) is -2.64. The molecule has 0 fully saturated rings. The Balaban J connectivity index is 2.31. The fraction of sp³-hybridized carbons (Fsp3) is 0.111. The number of hydrogen-bond acceptors (Lipinski definition) is 0. The Hall–Kier alpha value is -2.50. The maximum atomic E-state index is 13.3. The van der Waals surface area contributed by atoms with Gasteiger partial charge in [0.05, 0.1) is 11.1 Å². The number of fused-ring (bicyclic) bond motifs is 1. The van der Waals surface area contributed by atoms with E-state index in [1.807, 2.05) is 0 Å². The van der Waals surface area contributed by atoms with E-state index in [0.717, 1.165) is 6.07 Å². The van der Waals surface area contributed by atoms with Crippen LogP contribution in [0.1, 0.15) is 11.1 Å². The second kappa shape index (κ2) is 5.54. The molecule has 124 valence electrons. The first-order valence-corrected chi connectivity index (χ1v) is 6.94. The van der Waals surface area contributed by atoms with Gasteiger partial charge in [-0.2, -0.15) is 26.3 Å². The lowest BCUT2D eigenvalue weighted by molar-refractivity contribution is -0.142. The molecule has 6 heteroatoms. The molecule has 24 heavy (non-hydrogen) atoms. The molecule has 0 heterocycles. The first-order chi connectivity index (χ1) is 11.2. The summed E-state index contributed by atoms with van der Waals surface area (Å²) in [6, 6.07) is 13.3. The van der Waals surface area contributed by atoms with Gasteiger partial charge in [-0.3, -0.25) is 0 Å². The van der Waals surface area contributed by atoms with Gasteiger partial charge in [-0.05, 0) is 34.0 Å². The molecule has 0 amide bonds. The van der Waals surface area contributed by atoms with Crippen LogP contribution < -0.4 is 0 Å². The monoisotopic (exact) mass is 340 g/mol. The number of benzene rings is 3. The van der Waals surface area contributed by atoms with E-state index in [1.165, 1.54) is 6.07 Å². The summed E-state index contributed by atoms with van der Waals surface area (Å²) in [6.07, 6.45) is -9.73. The molecular weight excluding hydrogens is 330 g/mol. The van der Waals surface area contributed by atoms with Crippen molar-refractivity contribution in [3.8, 4) is 11.1 Å². The van der Waals surface area contributed by atoms with Gasteiger partial charge in [-0.25, -0.2) is 0 Å². The van der Waals surface area contributed by atoms with Gasteiger partial charge in [0.1, 0.15) is 0 Å². The molecule has 0 aliphatic carbocycles. The third kappa shape index (κ3) is 2.96. The number of halogens is 6. The highest BCUT2D eigenvalue weighted by atomic mass is 19.4. The molecule has 3 aromatic carbocycles. The van der Waals surface area contributed by atoms with Crippen molar-refractivity contribution in [2.75, 3.05) is 0 Å². The minimum atomic E-state index is -4.90. The molecule has 0 atom stereocenters. The quantitative estimate of drug-likeness (QED) is 0.441. The Morgan fingerprint density at radius 1 is 0.583 bits per heavy atom. The van der Waals surface area contributed by atoms with Gasteiger partial charge in [0.2, 0.25) is 0 Å². The fourth-order valence-electron chi connectivity index (χ4n) is 2.65. The predicted octanol–water partition coefficient (Wildman–Crippen LogP) is 6.54. The summed E-state index contributed by atoms with van der Waals surface area (Å²) in [4.78, 5) is 0. The van der Waals surface area contributed by atoms with Crippen LogP contribution in [0.25, 0.3) is 21.9 Å². The minimum absolute atomic E-state index is 0.164. The van der Waals surface area contributed by atoms with E-state index in [9.17, 15) is 26.3 Å². The van der Waals surface area contributed by atoms with Gasteiger partial charge >= 0.3 is 12.4 Å². The minimum Gasteiger partial charge on any atom is -0.166 e. The second-order valence-corrected chi connectivity index (χ2v) is 5.28. The lowest BCUT2D eigenvalue weighted by Gasteiger charge is -2.17. The average molecular weight is 340 g/mol. The zero-order valence-electron chi connectivity index (χ0n) is 12.0. The zero-order valence-corrected chi connectivity index (χ0v) is 12.0. The zero-order chi connectivity index (χ0) is 17.5. The van der Waals surface area contributed by atoms with Crippen LogP contribution in [-0.4, -0.2) is 0 Å². The molecule has 0 aromatic heterocycles. The molecule has 0 unspecified atom stereocenters. The van der Waals surface area contributed by atoms with E-state index in [4.69, 9.17) is 0 Å². The molecule has 0 spiro atoms. The van der Waals surface area contributed by atoms with E-state index >= 15 is 0 Å². The summed E-state index contributed by atoms with van der Waals surface area (Å²) in [6.45, 7) is 0. The highest BCUT2D eigenvalue weighted by Crippen LogP contribution is 2.42. The Kier molecular flexibility index (Phi) is 3.78. The third-order valence-corrected chi connectivity index (χ3v) is 3.73. The van der Waals surface area contributed by atoms with Gasteiger partial charge < -0.3 is 0 Å². The van der Waals surface area contributed by atoms with Gasteiger partial charge in [0.15, 0.2) is 0 Å². The van der Waals surface area contributed by atoms with Crippen LogP contribution in [0.5, 0.6) is 0 Å². The first-order valence-electron chi connectivity index (χ1n) is 6.94. The van der Waals surface area contributed by atoms with Crippen molar-refractivity contribution in [3.05, 3.63) is 71.8 Å². The van der Waals surface area contributed by atoms with Crippen molar-refractivity contribution >= 4 is 10.8 Å². The van der Waals surface area contributed by atoms with Crippen molar-refractivity contribution in [2.24, 2.45) is 0 Å². The topological polar surface area (TPSA) is 0 Å². The molecule has 3 rings (SSSR count). The molecule has 0 aliphatic heterocycles. The SMILES string of the molecule is FC(F)(F)c1ccc(-c2cccc3ccccc23)c(C(F)(F)F)c1. The van der Waals surface area contributed by atoms with Crippen LogP contribution >= 0.6 is 0 Å². The molecule has 0 saturated carbocycles. The van der Waals surface area contributed by atoms with Crippen molar-refractivity contribution in [2.45, 2.75) is 12.4 Å². The van der Waals surface area contributed by atoms with E-state index < -0.39 is 23.5 Å². The lowest BCUT2D eigenvalue weighted by Crippen LogP contribution is -2.12. The summed E-state index contributed by atoms with van der Waals surface area (Å²) in [5.74, 6) is 0. The van der Waals surface area contributed by atoms with Crippen LogP contribution in [0.15, 0.2) is 60.7 Å². The second-order valence-electron chi connectivity index (χ2n) is 5.28. The highest BCUT2D eigenvalue weighted by Gasteiger charge is 2.38. The Morgan fingerprint density at radius 2 is 1.25 bits per heavy atom. The standard InChI is InChI=1S/C18H10F6/c19-17(20,21)12-8-9-15(16(10-12)18(22,23)24)14-7-3-5-11-4-1-2-6-13(11)14/h1-10H. The Labute approximate surface area is 133 Å². The Bertz CT molecular complexity index is 885. The number of alkyl halides is 6. The highest BCUT2D eigenvalue weighted by molar-refractivity contribution is 5.97. The summed E-state index contributed by atoms with van der Waals surface area (Å²) < 4.78 is 78.3. The van der Waals surface area contributed by atoms with Crippen molar-refractivity contribution in [1.29, 1.82) is 0 Å². The van der Waals surface area contributed by atoms with Crippen LogP contribution in [0.2, 0.25) is 0 Å². The lowest BCUT2D eigenvalue weighted by atomic mass is 9.93. The predicted molar refractivity (Wildman–Crippen MR) is 79.4 cm³/mol. The molecule has 0 saturated heterocycles. The summed E-state index contributed by atoms with van der Waals surface area (Å²) in [5, 5.41) is 1.26. The third-order valence-electron chi connectivity index (χ3n) is 3.73. The normalized spacial score (nSPS) is 12.6. The average Bonchev–Trinajstić information content (AvgIpc) is 2.52. The van der Waals surface area contributed by atoms with E-state index in [-0.39, 0.29) is 17.2 Å². The van der Waals surface area contributed by atoms with E-state index in [1.54, 1.807) is 36.4 Å². The van der Waals surface area contributed by atoms with Gasteiger partial charge in [0.25, 0.3) is 0 Å². The largest absolute Gasteiger partial charge is 0.417 e. The number of rotatable bonds is 1. The maximum absolute atomic E-state index is 13.3. The van der Waals surface area contributed by atoms with Gasteiger partial charge in [-0.15, -0.1) is 0 Å². The molecule has 0 aliphatic rings. The van der Waals surface area contributed by atoms with Crippen LogP contribution in [0.4, 0.5) is 26.3 Å². The van der Waals surface area contributed by atoms with E-state index in [2.05, 4.69) is 0 Å². The molecule has 3 aromatic rings. The molecule has 0 radical (unpaired) electrons.